The lowest BCUT2D eigenvalue weighted by atomic mass is 10.1. The van der Waals surface area contributed by atoms with Gasteiger partial charge in [-0.25, -0.2) is 4.39 Å². The van der Waals surface area contributed by atoms with Gasteiger partial charge in [-0.15, -0.1) is 0 Å². The number of nitrogens with zero attached hydrogens (tertiary/aromatic N) is 3. The molecule has 1 saturated heterocycles. The highest BCUT2D eigenvalue weighted by molar-refractivity contribution is 5.95. The maximum atomic E-state index is 13.4. The van der Waals surface area contributed by atoms with E-state index in [1.807, 2.05) is 4.90 Å². The molecule has 0 unspecified atom stereocenters. The minimum atomic E-state index is -0.433. The second-order valence-corrected chi connectivity index (χ2v) is 6.54. The molecule has 2 aromatic carbocycles. The average molecular weight is 365 g/mol. The van der Waals surface area contributed by atoms with Crippen LogP contribution in [0.25, 0.3) is 0 Å². The predicted molar refractivity (Wildman–Crippen MR) is 100 cm³/mol. The number of hydrogen-bond acceptors (Lipinski definition) is 4. The molecule has 0 aromatic heterocycles. The first kappa shape index (κ1) is 18.6. The van der Waals surface area contributed by atoms with Crippen LogP contribution in [-0.2, 0) is 0 Å². The molecule has 138 valence electrons. The van der Waals surface area contributed by atoms with Gasteiger partial charge in [0.05, 0.1) is 11.3 Å². The molecule has 1 fully saturated rings. The molecule has 0 saturated carbocycles. The Labute approximate surface area is 157 Å². The molecule has 0 aliphatic carbocycles. The van der Waals surface area contributed by atoms with Gasteiger partial charge in [0.2, 0.25) is 0 Å². The van der Waals surface area contributed by atoms with E-state index in [9.17, 15) is 19.2 Å². The minimum Gasteiger partial charge on any atom is -0.369 e. The molecule has 1 aliphatic heterocycles. The van der Waals surface area contributed by atoms with Crippen molar-refractivity contribution in [2.75, 3.05) is 31.1 Å². The molecule has 0 atom stereocenters. The van der Waals surface area contributed by atoms with Crippen LogP contribution in [-0.4, -0.2) is 42.8 Å². The summed E-state index contributed by atoms with van der Waals surface area (Å²) < 4.78 is 13.4. The van der Waals surface area contributed by atoms with E-state index in [1.165, 1.54) is 25.1 Å². The van der Waals surface area contributed by atoms with E-state index in [0.717, 1.165) is 6.42 Å². The summed E-state index contributed by atoms with van der Waals surface area (Å²) in [5, 5.41) is 9.40. The van der Waals surface area contributed by atoms with Crippen LogP contribution in [0.3, 0.4) is 0 Å². The van der Waals surface area contributed by atoms with Gasteiger partial charge in [-0.2, -0.15) is 5.26 Å². The summed E-state index contributed by atoms with van der Waals surface area (Å²) in [6, 6.07) is 12.9. The van der Waals surface area contributed by atoms with Crippen LogP contribution in [0, 0.1) is 17.1 Å². The fourth-order valence-electron chi connectivity index (χ4n) is 3.27. The van der Waals surface area contributed by atoms with Crippen LogP contribution in [0.2, 0.25) is 0 Å². The highest BCUT2D eigenvalue weighted by Gasteiger charge is 2.22. The Morgan fingerprint density at radius 3 is 2.56 bits per heavy atom. The van der Waals surface area contributed by atoms with Crippen LogP contribution >= 0.6 is 0 Å². The summed E-state index contributed by atoms with van der Waals surface area (Å²) in [5.74, 6) is -0.690. The number of nitriles is 1. The topological polar surface area (TPSA) is 64.4 Å². The van der Waals surface area contributed by atoms with Crippen molar-refractivity contribution in [3.63, 3.8) is 0 Å². The molecule has 1 heterocycles. The van der Waals surface area contributed by atoms with E-state index in [-0.39, 0.29) is 11.7 Å². The van der Waals surface area contributed by atoms with Gasteiger partial charge in [0.25, 0.3) is 5.91 Å². The summed E-state index contributed by atoms with van der Waals surface area (Å²) in [6.45, 7) is 3.72. The Hall–Kier alpha value is -3.20. The third-order valence-corrected chi connectivity index (χ3v) is 4.72. The number of hydrogen-bond donors (Lipinski definition) is 0. The lowest BCUT2D eigenvalue weighted by molar-refractivity contribution is 0.0766. The molecule has 27 heavy (non-hydrogen) atoms. The largest absolute Gasteiger partial charge is 0.369 e. The molecule has 1 amide bonds. The Balaban J connectivity index is 1.79. The van der Waals surface area contributed by atoms with Crippen LogP contribution in [0.5, 0.6) is 0 Å². The lowest BCUT2D eigenvalue weighted by Gasteiger charge is -2.25. The molecule has 1 aliphatic rings. The highest BCUT2D eigenvalue weighted by Crippen LogP contribution is 2.24. The number of amides is 1. The Morgan fingerprint density at radius 1 is 1.04 bits per heavy atom. The Kier molecular flexibility index (Phi) is 5.51. The van der Waals surface area contributed by atoms with E-state index < -0.39 is 5.82 Å². The number of carbonyl (C=O) groups is 2. The maximum absolute atomic E-state index is 13.4. The first-order chi connectivity index (χ1) is 13.0. The Bertz CT molecular complexity index is 920. The fourth-order valence-corrected chi connectivity index (χ4v) is 3.27. The van der Waals surface area contributed by atoms with Gasteiger partial charge in [-0.3, -0.25) is 9.59 Å². The number of anilines is 1. The van der Waals surface area contributed by atoms with Crippen molar-refractivity contribution >= 4 is 17.4 Å². The molecule has 5 nitrogen and oxygen atoms in total. The average Bonchev–Trinajstić information content (AvgIpc) is 2.93. The van der Waals surface area contributed by atoms with Crippen molar-refractivity contribution in [2.24, 2.45) is 0 Å². The van der Waals surface area contributed by atoms with Crippen LogP contribution < -0.4 is 4.90 Å². The van der Waals surface area contributed by atoms with Crippen molar-refractivity contribution in [1.82, 2.24) is 4.90 Å². The van der Waals surface area contributed by atoms with Crippen molar-refractivity contribution in [3.8, 4) is 6.07 Å². The monoisotopic (exact) mass is 365 g/mol. The van der Waals surface area contributed by atoms with Gasteiger partial charge in [0.15, 0.2) is 5.78 Å². The van der Waals surface area contributed by atoms with Gasteiger partial charge in [-0.05, 0) is 49.7 Å². The van der Waals surface area contributed by atoms with Gasteiger partial charge < -0.3 is 9.80 Å². The number of Topliss-reactive ketones (excluding diaryl/α,β-unsaturated/α-hetero) is 1. The van der Waals surface area contributed by atoms with Crippen molar-refractivity contribution in [1.29, 1.82) is 5.26 Å². The zero-order valence-electron chi connectivity index (χ0n) is 15.1. The second-order valence-electron chi connectivity index (χ2n) is 6.54. The molecule has 0 spiro atoms. The van der Waals surface area contributed by atoms with E-state index in [4.69, 9.17) is 0 Å². The zero-order valence-corrected chi connectivity index (χ0v) is 15.1. The molecule has 0 bridgehead atoms. The molecule has 0 radical (unpaired) electrons. The lowest BCUT2D eigenvalue weighted by Crippen LogP contribution is -2.35. The SMILES string of the molecule is CC(=O)c1ccc(C#N)c(N2CCCN(C(=O)c3cccc(F)c3)CC2)c1. The quantitative estimate of drug-likeness (QED) is 0.783. The molecule has 2 aromatic rings. The highest BCUT2D eigenvalue weighted by atomic mass is 19.1. The zero-order chi connectivity index (χ0) is 19.4. The van der Waals surface area contributed by atoms with E-state index >= 15 is 0 Å². The van der Waals surface area contributed by atoms with Gasteiger partial charge >= 0.3 is 0 Å². The van der Waals surface area contributed by atoms with Gasteiger partial charge in [-0.1, -0.05) is 6.07 Å². The summed E-state index contributed by atoms with van der Waals surface area (Å²) in [6.07, 6.45) is 0.718. The third kappa shape index (κ3) is 4.14. The smallest absolute Gasteiger partial charge is 0.254 e. The first-order valence-corrected chi connectivity index (χ1v) is 8.84. The normalized spacial score (nSPS) is 14.4. The summed E-state index contributed by atoms with van der Waals surface area (Å²) in [7, 11) is 0. The summed E-state index contributed by atoms with van der Waals surface area (Å²) >= 11 is 0. The summed E-state index contributed by atoms with van der Waals surface area (Å²) in [4.78, 5) is 28.1. The number of rotatable bonds is 3. The van der Waals surface area contributed by atoms with Crippen molar-refractivity contribution in [2.45, 2.75) is 13.3 Å². The van der Waals surface area contributed by atoms with E-state index in [2.05, 4.69) is 6.07 Å². The van der Waals surface area contributed by atoms with Crippen molar-refractivity contribution < 1.29 is 14.0 Å². The molecular formula is C21H20FN3O2. The van der Waals surface area contributed by atoms with Gasteiger partial charge in [0, 0.05) is 37.3 Å². The minimum absolute atomic E-state index is 0.0570. The van der Waals surface area contributed by atoms with Crippen LogP contribution in [0.15, 0.2) is 42.5 Å². The van der Waals surface area contributed by atoms with Crippen LogP contribution in [0.4, 0.5) is 10.1 Å². The molecule has 6 heteroatoms. The predicted octanol–water partition coefficient (Wildman–Crippen LogP) is 3.25. The van der Waals surface area contributed by atoms with E-state index in [1.54, 1.807) is 29.2 Å². The molecule has 3 rings (SSSR count). The third-order valence-electron chi connectivity index (χ3n) is 4.72. The number of benzene rings is 2. The van der Waals surface area contributed by atoms with Crippen LogP contribution in [0.1, 0.15) is 39.6 Å². The second kappa shape index (κ2) is 8.00. The van der Waals surface area contributed by atoms with Crippen molar-refractivity contribution in [3.05, 3.63) is 65.0 Å². The standard InChI is InChI=1S/C21H20FN3O2/c1-15(26)16-6-7-18(14-23)20(13-16)24-8-3-9-25(11-10-24)21(27)17-4-2-5-19(22)12-17/h2,4-7,12-13H,3,8-11H2,1H3. The number of ketones is 1. The van der Waals surface area contributed by atoms with Gasteiger partial charge in [0.1, 0.15) is 11.9 Å². The maximum Gasteiger partial charge on any atom is 0.254 e. The molecular weight excluding hydrogens is 345 g/mol. The van der Waals surface area contributed by atoms with E-state index in [0.29, 0.717) is 48.6 Å². The number of carbonyl (C=O) groups excluding carboxylic acids is 2. The first-order valence-electron chi connectivity index (χ1n) is 8.84. The number of halogens is 1. The summed E-state index contributed by atoms with van der Waals surface area (Å²) in [5.41, 5.74) is 2.11. The fraction of sp³-hybridized carbons (Fsp3) is 0.286. The Morgan fingerprint density at radius 2 is 1.85 bits per heavy atom. The molecule has 0 N–H and O–H groups in total.